The lowest BCUT2D eigenvalue weighted by Crippen LogP contribution is -2.17. The number of nitrogens with one attached hydrogen (secondary N) is 1. The first-order valence-electron chi connectivity index (χ1n) is 7.43. The van der Waals surface area contributed by atoms with Crippen LogP contribution in [0.4, 0.5) is 18.9 Å². The van der Waals surface area contributed by atoms with Crippen molar-refractivity contribution in [3.63, 3.8) is 0 Å². The van der Waals surface area contributed by atoms with E-state index in [9.17, 15) is 22.8 Å². The fraction of sp³-hybridized carbons (Fsp3) is 0.222. The third-order valence-corrected chi connectivity index (χ3v) is 3.75. The van der Waals surface area contributed by atoms with E-state index < -0.39 is 17.6 Å². The molecule has 0 unspecified atom stereocenters. The molecule has 0 fully saturated rings. The van der Waals surface area contributed by atoms with Crippen LogP contribution in [0.2, 0.25) is 5.02 Å². The summed E-state index contributed by atoms with van der Waals surface area (Å²) >= 11 is 5.58. The summed E-state index contributed by atoms with van der Waals surface area (Å²) in [5.74, 6) is -0.921. The first kappa shape index (κ1) is 19.0. The summed E-state index contributed by atoms with van der Waals surface area (Å²) in [6.07, 6.45) is -4.96. The van der Waals surface area contributed by atoms with E-state index in [-0.39, 0.29) is 29.3 Å². The van der Waals surface area contributed by atoms with Gasteiger partial charge < -0.3 is 5.32 Å². The fourth-order valence-electron chi connectivity index (χ4n) is 2.18. The molecule has 3 nitrogen and oxygen atoms in total. The predicted molar refractivity (Wildman–Crippen MR) is 89.8 cm³/mol. The van der Waals surface area contributed by atoms with Crippen LogP contribution in [0.1, 0.15) is 34.3 Å². The molecule has 0 aromatic heterocycles. The molecule has 0 atom stereocenters. The van der Waals surface area contributed by atoms with E-state index in [4.69, 9.17) is 11.6 Å². The summed E-state index contributed by atoms with van der Waals surface area (Å²) in [7, 11) is 0. The van der Waals surface area contributed by atoms with Gasteiger partial charge in [-0.05, 0) is 25.1 Å². The van der Waals surface area contributed by atoms with Crippen LogP contribution in [0.3, 0.4) is 0 Å². The van der Waals surface area contributed by atoms with Crippen molar-refractivity contribution in [1.82, 2.24) is 0 Å². The summed E-state index contributed by atoms with van der Waals surface area (Å²) in [5, 5.41) is 2.11. The number of aryl methyl sites for hydroxylation is 1. The lowest BCUT2D eigenvalue weighted by atomic mass is 10.0. The van der Waals surface area contributed by atoms with Crippen molar-refractivity contribution in [3.8, 4) is 0 Å². The second kappa shape index (κ2) is 7.70. The lowest BCUT2D eigenvalue weighted by molar-refractivity contribution is -0.137. The Hall–Kier alpha value is -2.34. The van der Waals surface area contributed by atoms with Gasteiger partial charge in [0.1, 0.15) is 0 Å². The molecular weight excluding hydrogens is 355 g/mol. The zero-order valence-electron chi connectivity index (χ0n) is 13.3. The number of halogens is 4. The zero-order valence-corrected chi connectivity index (χ0v) is 14.0. The van der Waals surface area contributed by atoms with Crippen molar-refractivity contribution in [2.24, 2.45) is 0 Å². The second-order valence-electron chi connectivity index (χ2n) is 5.53. The van der Waals surface area contributed by atoms with Crippen LogP contribution < -0.4 is 5.32 Å². The van der Waals surface area contributed by atoms with Crippen LogP contribution in [0.15, 0.2) is 42.5 Å². The number of alkyl halides is 3. The molecule has 0 saturated heterocycles. The standard InChI is InChI=1S/C18H15ClF3NO2/c1-11-2-4-12(5-3-11)16(24)8-9-17(25)23-15-7-6-13(19)10-14(15)18(20,21)22/h2-7,10H,8-9H2,1H3,(H,23,25). The highest BCUT2D eigenvalue weighted by molar-refractivity contribution is 6.30. The number of hydrogen-bond acceptors (Lipinski definition) is 2. The Balaban J connectivity index is 2.01. The third-order valence-electron chi connectivity index (χ3n) is 3.51. The molecule has 0 spiro atoms. The van der Waals surface area contributed by atoms with Gasteiger partial charge in [-0.15, -0.1) is 0 Å². The van der Waals surface area contributed by atoms with Crippen LogP contribution >= 0.6 is 11.6 Å². The molecule has 2 aromatic rings. The highest BCUT2D eigenvalue weighted by Crippen LogP contribution is 2.36. The monoisotopic (exact) mass is 369 g/mol. The molecule has 0 radical (unpaired) electrons. The molecule has 1 amide bonds. The normalized spacial score (nSPS) is 11.2. The number of benzene rings is 2. The van der Waals surface area contributed by atoms with Crippen molar-refractivity contribution in [3.05, 3.63) is 64.2 Å². The lowest BCUT2D eigenvalue weighted by Gasteiger charge is -2.14. The van der Waals surface area contributed by atoms with Gasteiger partial charge in [0.2, 0.25) is 5.91 Å². The first-order valence-corrected chi connectivity index (χ1v) is 7.81. The number of amides is 1. The molecule has 0 aliphatic rings. The van der Waals surface area contributed by atoms with E-state index in [0.717, 1.165) is 17.7 Å². The maximum Gasteiger partial charge on any atom is 0.418 e. The van der Waals surface area contributed by atoms with E-state index in [1.165, 1.54) is 6.07 Å². The number of carbonyl (C=O) groups is 2. The van der Waals surface area contributed by atoms with Gasteiger partial charge in [-0.3, -0.25) is 9.59 Å². The van der Waals surface area contributed by atoms with Crippen molar-refractivity contribution < 1.29 is 22.8 Å². The number of Topliss-reactive ketones (excluding diaryl/α,β-unsaturated/α-hetero) is 1. The van der Waals surface area contributed by atoms with Gasteiger partial charge in [0.15, 0.2) is 5.78 Å². The highest BCUT2D eigenvalue weighted by atomic mass is 35.5. The molecular formula is C18H15ClF3NO2. The average Bonchev–Trinajstić information content (AvgIpc) is 2.54. The van der Waals surface area contributed by atoms with Crippen LogP contribution in [0.5, 0.6) is 0 Å². The summed E-state index contributed by atoms with van der Waals surface area (Å²) in [4.78, 5) is 23.9. The smallest absolute Gasteiger partial charge is 0.325 e. The number of carbonyl (C=O) groups excluding carboxylic acids is 2. The minimum Gasteiger partial charge on any atom is -0.325 e. The Morgan fingerprint density at radius 3 is 2.28 bits per heavy atom. The van der Waals surface area contributed by atoms with Crippen LogP contribution in [-0.4, -0.2) is 11.7 Å². The quantitative estimate of drug-likeness (QED) is 0.730. The molecule has 1 N–H and O–H groups in total. The van der Waals surface area contributed by atoms with Gasteiger partial charge in [0.05, 0.1) is 11.3 Å². The molecule has 0 bridgehead atoms. The van der Waals surface area contributed by atoms with E-state index in [1.54, 1.807) is 24.3 Å². The number of rotatable bonds is 5. The molecule has 0 aliphatic carbocycles. The van der Waals surface area contributed by atoms with Crippen LogP contribution in [0.25, 0.3) is 0 Å². The fourth-order valence-corrected chi connectivity index (χ4v) is 2.36. The Morgan fingerprint density at radius 2 is 1.68 bits per heavy atom. The number of hydrogen-bond donors (Lipinski definition) is 1. The molecule has 132 valence electrons. The first-order chi connectivity index (χ1) is 11.7. The van der Waals surface area contributed by atoms with E-state index in [0.29, 0.717) is 5.56 Å². The third kappa shape index (κ3) is 5.32. The average molecular weight is 370 g/mol. The molecule has 0 aliphatic heterocycles. The van der Waals surface area contributed by atoms with Gasteiger partial charge in [0.25, 0.3) is 0 Å². The Morgan fingerprint density at radius 1 is 1.04 bits per heavy atom. The minimum atomic E-state index is -4.65. The Bertz CT molecular complexity index is 786. The van der Waals surface area contributed by atoms with Crippen molar-refractivity contribution in [2.75, 3.05) is 5.32 Å². The van der Waals surface area contributed by atoms with Crippen molar-refractivity contribution >= 4 is 29.0 Å². The molecule has 0 saturated carbocycles. The number of anilines is 1. The van der Waals surface area contributed by atoms with Gasteiger partial charge in [-0.2, -0.15) is 13.2 Å². The molecule has 2 aromatic carbocycles. The number of ketones is 1. The highest BCUT2D eigenvalue weighted by Gasteiger charge is 2.34. The second-order valence-corrected chi connectivity index (χ2v) is 5.96. The molecule has 25 heavy (non-hydrogen) atoms. The topological polar surface area (TPSA) is 46.2 Å². The van der Waals surface area contributed by atoms with Gasteiger partial charge in [0, 0.05) is 23.4 Å². The maximum atomic E-state index is 13.0. The SMILES string of the molecule is Cc1ccc(C(=O)CCC(=O)Nc2ccc(Cl)cc2C(F)(F)F)cc1. The maximum absolute atomic E-state index is 13.0. The van der Waals surface area contributed by atoms with Crippen LogP contribution in [0, 0.1) is 6.92 Å². The van der Waals surface area contributed by atoms with Gasteiger partial charge in [-0.1, -0.05) is 41.4 Å². The van der Waals surface area contributed by atoms with Gasteiger partial charge in [-0.25, -0.2) is 0 Å². The van der Waals surface area contributed by atoms with Gasteiger partial charge >= 0.3 is 6.18 Å². The Kier molecular flexibility index (Phi) is 5.85. The summed E-state index contributed by atoms with van der Waals surface area (Å²) in [5.41, 5.74) is 0.0421. The summed E-state index contributed by atoms with van der Waals surface area (Å²) in [6, 6.07) is 9.93. The Labute approximate surface area is 147 Å². The summed E-state index contributed by atoms with van der Waals surface area (Å²) in [6.45, 7) is 1.88. The van der Waals surface area contributed by atoms with E-state index in [1.807, 2.05) is 6.92 Å². The molecule has 2 rings (SSSR count). The van der Waals surface area contributed by atoms with Crippen molar-refractivity contribution in [1.29, 1.82) is 0 Å². The largest absolute Gasteiger partial charge is 0.418 e. The van der Waals surface area contributed by atoms with E-state index >= 15 is 0 Å². The predicted octanol–water partition coefficient (Wildman–Crippen LogP) is 5.27. The molecule has 0 heterocycles. The minimum absolute atomic E-state index is 0.0835. The zero-order chi connectivity index (χ0) is 18.6. The summed E-state index contributed by atoms with van der Waals surface area (Å²) < 4.78 is 38.9. The molecule has 7 heteroatoms. The van der Waals surface area contributed by atoms with Crippen molar-refractivity contribution in [2.45, 2.75) is 25.9 Å². The van der Waals surface area contributed by atoms with Crippen LogP contribution in [-0.2, 0) is 11.0 Å². The van der Waals surface area contributed by atoms with E-state index in [2.05, 4.69) is 5.32 Å².